The van der Waals surface area contributed by atoms with E-state index in [9.17, 15) is 0 Å². The van der Waals surface area contributed by atoms with Crippen LogP contribution in [-0.4, -0.2) is 0 Å². The summed E-state index contributed by atoms with van der Waals surface area (Å²) in [6, 6.07) is 49.7. The second kappa shape index (κ2) is 13.0. The minimum Gasteiger partial charge on any atom is -0.0622 e. The summed E-state index contributed by atoms with van der Waals surface area (Å²) in [5, 5.41) is 8.49. The van der Waals surface area contributed by atoms with Gasteiger partial charge in [0.15, 0.2) is 0 Å². The maximum absolute atomic E-state index is 2.50. The molecule has 0 amide bonds. The van der Waals surface area contributed by atoms with Crippen LogP contribution in [0.5, 0.6) is 0 Å². The standard InChI is InChI=1S/C42H40P2/c1-29-27-39(41(33(5)31(29)3)43(35-19-11-7-12-20-35)36-21-13-8-14-22-36)40-28-30(2)32(4)34(6)42(40)44(37-23-15-9-16-24-37)38-25-17-10-18-26-38/h7-28H,1-6H3. The van der Waals surface area contributed by atoms with Gasteiger partial charge in [0.1, 0.15) is 0 Å². The van der Waals surface area contributed by atoms with Gasteiger partial charge in [0.25, 0.3) is 0 Å². The molecule has 0 aliphatic rings. The summed E-state index contributed by atoms with van der Waals surface area (Å²) >= 11 is 0. The lowest BCUT2D eigenvalue weighted by Crippen LogP contribution is -2.29. The van der Waals surface area contributed by atoms with Crippen molar-refractivity contribution in [3.8, 4) is 11.1 Å². The smallest absolute Gasteiger partial charge is 0.00403 e. The van der Waals surface area contributed by atoms with Crippen molar-refractivity contribution in [1.29, 1.82) is 0 Å². The molecule has 0 radical (unpaired) electrons. The summed E-state index contributed by atoms with van der Waals surface area (Å²) in [5.74, 6) is 0. The van der Waals surface area contributed by atoms with Crippen LogP contribution in [0, 0.1) is 41.5 Å². The third kappa shape index (κ3) is 5.71. The lowest BCUT2D eigenvalue weighted by atomic mass is 9.92. The van der Waals surface area contributed by atoms with E-state index in [-0.39, 0.29) is 0 Å². The first kappa shape index (κ1) is 30.2. The molecule has 0 heterocycles. The highest BCUT2D eigenvalue weighted by Gasteiger charge is 2.29. The molecule has 0 aliphatic carbocycles. The van der Waals surface area contributed by atoms with Crippen LogP contribution < -0.4 is 31.8 Å². The number of benzene rings is 6. The fraction of sp³-hybridized carbons (Fsp3) is 0.143. The van der Waals surface area contributed by atoms with Gasteiger partial charge < -0.3 is 0 Å². The highest BCUT2D eigenvalue weighted by molar-refractivity contribution is 7.81. The molecule has 0 spiro atoms. The van der Waals surface area contributed by atoms with Crippen molar-refractivity contribution in [3.63, 3.8) is 0 Å². The molecular formula is C42H40P2. The molecule has 6 rings (SSSR count). The Kier molecular flexibility index (Phi) is 8.96. The van der Waals surface area contributed by atoms with Crippen molar-refractivity contribution in [2.24, 2.45) is 0 Å². The Hall–Kier alpha value is -3.82. The third-order valence-corrected chi connectivity index (χ3v) is 14.4. The zero-order chi connectivity index (χ0) is 30.8. The van der Waals surface area contributed by atoms with Crippen LogP contribution in [-0.2, 0) is 0 Å². The largest absolute Gasteiger partial charge is 0.0622 e. The topological polar surface area (TPSA) is 0 Å². The summed E-state index contributed by atoms with van der Waals surface area (Å²) in [6.07, 6.45) is 0. The van der Waals surface area contributed by atoms with Gasteiger partial charge in [0.05, 0.1) is 0 Å². The van der Waals surface area contributed by atoms with Crippen LogP contribution in [0.2, 0.25) is 0 Å². The molecule has 44 heavy (non-hydrogen) atoms. The lowest BCUT2D eigenvalue weighted by Gasteiger charge is -2.31. The van der Waals surface area contributed by atoms with Crippen molar-refractivity contribution in [2.75, 3.05) is 0 Å². The van der Waals surface area contributed by atoms with Gasteiger partial charge in [0.2, 0.25) is 0 Å². The SMILES string of the molecule is Cc1cc(-c2cc(C)c(C)c(C)c2P(c2ccccc2)c2ccccc2)c(P(c2ccccc2)c2ccccc2)c(C)c1C. The molecule has 0 fully saturated rings. The number of hydrogen-bond acceptors (Lipinski definition) is 0. The molecule has 6 aromatic carbocycles. The van der Waals surface area contributed by atoms with Gasteiger partial charge in [-0.05, 0) is 134 Å². The molecular weight excluding hydrogens is 566 g/mol. The van der Waals surface area contributed by atoms with E-state index >= 15 is 0 Å². The molecule has 0 aliphatic heterocycles. The molecule has 2 heteroatoms. The quantitative estimate of drug-likeness (QED) is 0.160. The molecule has 0 saturated carbocycles. The Balaban J connectivity index is 1.74. The van der Waals surface area contributed by atoms with Gasteiger partial charge in [0, 0.05) is 0 Å². The van der Waals surface area contributed by atoms with E-state index < -0.39 is 15.8 Å². The molecule has 0 aromatic heterocycles. The first-order chi connectivity index (χ1) is 21.4. The third-order valence-electron chi connectivity index (χ3n) is 9.05. The molecule has 0 unspecified atom stereocenters. The van der Waals surface area contributed by atoms with Crippen molar-refractivity contribution in [1.82, 2.24) is 0 Å². The maximum Gasteiger partial charge on any atom is -0.00403 e. The van der Waals surface area contributed by atoms with Crippen LogP contribution in [0.3, 0.4) is 0 Å². The zero-order valence-corrected chi connectivity index (χ0v) is 28.4. The van der Waals surface area contributed by atoms with E-state index in [1.54, 1.807) is 0 Å². The van der Waals surface area contributed by atoms with Crippen molar-refractivity contribution in [2.45, 2.75) is 41.5 Å². The van der Waals surface area contributed by atoms with Crippen LogP contribution in [0.15, 0.2) is 133 Å². The molecule has 0 saturated heterocycles. The Morgan fingerprint density at radius 1 is 0.318 bits per heavy atom. The first-order valence-corrected chi connectivity index (χ1v) is 18.1. The van der Waals surface area contributed by atoms with Crippen LogP contribution in [0.4, 0.5) is 0 Å². The molecule has 6 aromatic rings. The van der Waals surface area contributed by atoms with Gasteiger partial charge >= 0.3 is 0 Å². The van der Waals surface area contributed by atoms with Crippen molar-refractivity contribution < 1.29 is 0 Å². The Morgan fingerprint density at radius 2 is 0.568 bits per heavy atom. The van der Waals surface area contributed by atoms with E-state index in [0.29, 0.717) is 0 Å². The van der Waals surface area contributed by atoms with E-state index in [0.717, 1.165) is 0 Å². The number of rotatable bonds is 7. The average Bonchev–Trinajstić information content (AvgIpc) is 3.07. The highest BCUT2D eigenvalue weighted by Crippen LogP contribution is 2.44. The Labute approximate surface area is 266 Å². The molecule has 0 N–H and O–H groups in total. The highest BCUT2D eigenvalue weighted by atomic mass is 31.1. The number of aryl methyl sites for hydroxylation is 2. The summed E-state index contributed by atoms with van der Waals surface area (Å²) in [5.41, 5.74) is 11.0. The fourth-order valence-corrected chi connectivity index (χ4v) is 11.6. The predicted octanol–water partition coefficient (Wildman–Crippen LogP) is 8.72. The average molecular weight is 607 g/mol. The molecule has 218 valence electrons. The van der Waals surface area contributed by atoms with E-state index in [1.165, 1.54) is 76.3 Å². The van der Waals surface area contributed by atoms with Crippen LogP contribution in [0.1, 0.15) is 33.4 Å². The zero-order valence-electron chi connectivity index (χ0n) is 26.6. The van der Waals surface area contributed by atoms with E-state index in [1.807, 2.05) is 0 Å². The molecule has 0 atom stereocenters. The summed E-state index contributed by atoms with van der Waals surface area (Å²) in [7, 11) is -1.60. The van der Waals surface area contributed by atoms with Crippen molar-refractivity contribution >= 4 is 47.7 Å². The van der Waals surface area contributed by atoms with E-state index in [2.05, 4.69) is 175 Å². The summed E-state index contributed by atoms with van der Waals surface area (Å²) in [4.78, 5) is 0. The normalized spacial score (nSPS) is 11.4. The van der Waals surface area contributed by atoms with Crippen LogP contribution in [0.25, 0.3) is 11.1 Å². The predicted molar refractivity (Wildman–Crippen MR) is 198 cm³/mol. The first-order valence-electron chi connectivity index (χ1n) is 15.4. The summed E-state index contributed by atoms with van der Waals surface area (Å²) < 4.78 is 0. The Bertz CT molecular complexity index is 1670. The van der Waals surface area contributed by atoms with Gasteiger partial charge in [-0.15, -0.1) is 0 Å². The molecule has 0 bridgehead atoms. The minimum absolute atomic E-state index is 0.800. The minimum atomic E-state index is -0.800. The van der Waals surface area contributed by atoms with Gasteiger partial charge in [-0.25, -0.2) is 0 Å². The van der Waals surface area contributed by atoms with Gasteiger partial charge in [-0.1, -0.05) is 133 Å². The maximum atomic E-state index is 2.50. The Morgan fingerprint density at radius 3 is 0.818 bits per heavy atom. The molecule has 0 nitrogen and oxygen atoms in total. The van der Waals surface area contributed by atoms with Gasteiger partial charge in [-0.2, -0.15) is 0 Å². The number of hydrogen-bond donors (Lipinski definition) is 0. The lowest BCUT2D eigenvalue weighted by molar-refractivity contribution is 1.27. The van der Waals surface area contributed by atoms with Crippen LogP contribution >= 0.6 is 15.8 Å². The van der Waals surface area contributed by atoms with Gasteiger partial charge in [-0.3, -0.25) is 0 Å². The van der Waals surface area contributed by atoms with E-state index in [4.69, 9.17) is 0 Å². The fourth-order valence-electron chi connectivity index (χ4n) is 6.25. The monoisotopic (exact) mass is 606 g/mol. The van der Waals surface area contributed by atoms with Crippen molar-refractivity contribution in [3.05, 3.63) is 167 Å². The summed E-state index contributed by atoms with van der Waals surface area (Å²) in [6.45, 7) is 13.9. The second-order valence-corrected chi connectivity index (χ2v) is 16.0. The second-order valence-electron chi connectivity index (χ2n) is 11.7.